The molecule has 0 aromatic carbocycles. The maximum atomic E-state index is 12.3. The van der Waals surface area contributed by atoms with E-state index in [0.717, 1.165) is 25.1 Å². The molecule has 0 spiro atoms. The summed E-state index contributed by atoms with van der Waals surface area (Å²) < 4.78 is 5.45. The first-order chi connectivity index (χ1) is 9.49. The van der Waals surface area contributed by atoms with E-state index in [1.807, 2.05) is 0 Å². The van der Waals surface area contributed by atoms with Crippen LogP contribution in [0.3, 0.4) is 0 Å². The SMILES string of the molecule is CN(CC1CCCO1)C(=O)c1cc([N+](=O)[O-])cnc1Cl. The number of pyridine rings is 1. The van der Waals surface area contributed by atoms with Gasteiger partial charge in [-0.05, 0) is 12.8 Å². The Hall–Kier alpha value is -1.73. The van der Waals surface area contributed by atoms with Crippen LogP contribution in [0, 0.1) is 10.1 Å². The molecule has 7 nitrogen and oxygen atoms in total. The number of likely N-dealkylation sites (N-methyl/N-ethyl adjacent to an activating group) is 1. The lowest BCUT2D eigenvalue weighted by atomic mass is 10.2. The van der Waals surface area contributed by atoms with E-state index in [1.54, 1.807) is 7.05 Å². The molecule has 1 fully saturated rings. The number of nitrogens with zero attached hydrogens (tertiary/aromatic N) is 3. The van der Waals surface area contributed by atoms with Gasteiger partial charge < -0.3 is 9.64 Å². The Morgan fingerprint density at radius 1 is 1.70 bits per heavy atom. The highest BCUT2D eigenvalue weighted by Crippen LogP contribution is 2.21. The summed E-state index contributed by atoms with van der Waals surface area (Å²) in [7, 11) is 1.61. The normalized spacial score (nSPS) is 18.0. The topological polar surface area (TPSA) is 85.6 Å². The molecule has 0 aliphatic carbocycles. The second kappa shape index (κ2) is 6.15. The Morgan fingerprint density at radius 2 is 2.45 bits per heavy atom. The van der Waals surface area contributed by atoms with Crippen molar-refractivity contribution < 1.29 is 14.5 Å². The van der Waals surface area contributed by atoms with Gasteiger partial charge >= 0.3 is 0 Å². The van der Waals surface area contributed by atoms with Crippen LogP contribution in [0.2, 0.25) is 5.15 Å². The minimum atomic E-state index is -0.611. The zero-order valence-corrected chi connectivity index (χ0v) is 11.7. The maximum Gasteiger partial charge on any atom is 0.288 e. The van der Waals surface area contributed by atoms with Crippen LogP contribution in [0.1, 0.15) is 23.2 Å². The molecule has 0 radical (unpaired) electrons. The van der Waals surface area contributed by atoms with Crippen molar-refractivity contribution in [2.75, 3.05) is 20.2 Å². The molecule has 2 rings (SSSR count). The van der Waals surface area contributed by atoms with Crippen molar-refractivity contribution in [3.05, 3.63) is 33.1 Å². The summed E-state index contributed by atoms with van der Waals surface area (Å²) in [4.78, 5) is 27.5. The van der Waals surface area contributed by atoms with E-state index in [9.17, 15) is 14.9 Å². The highest BCUT2D eigenvalue weighted by molar-refractivity contribution is 6.32. The Balaban J connectivity index is 2.14. The number of amides is 1. The van der Waals surface area contributed by atoms with Crippen LogP contribution < -0.4 is 0 Å². The van der Waals surface area contributed by atoms with E-state index >= 15 is 0 Å². The van der Waals surface area contributed by atoms with Crippen molar-refractivity contribution in [1.29, 1.82) is 0 Å². The predicted octanol–water partition coefficient (Wildman–Crippen LogP) is 1.89. The Bertz CT molecular complexity index is 531. The van der Waals surface area contributed by atoms with Gasteiger partial charge in [0.2, 0.25) is 0 Å². The maximum absolute atomic E-state index is 12.3. The molecule has 0 bridgehead atoms. The summed E-state index contributed by atoms with van der Waals surface area (Å²) in [5.74, 6) is -0.401. The summed E-state index contributed by atoms with van der Waals surface area (Å²) in [6, 6.07) is 1.14. The van der Waals surface area contributed by atoms with Crippen LogP contribution in [-0.2, 0) is 4.74 Å². The standard InChI is InChI=1S/C12H14ClN3O4/c1-15(7-9-3-2-4-20-9)12(17)10-5-8(16(18)19)6-14-11(10)13/h5-6,9H,2-4,7H2,1H3. The fraction of sp³-hybridized carbons (Fsp3) is 0.500. The highest BCUT2D eigenvalue weighted by Gasteiger charge is 2.24. The molecule has 1 atom stereocenters. The number of nitro groups is 1. The number of ether oxygens (including phenoxy) is 1. The van der Waals surface area contributed by atoms with E-state index < -0.39 is 10.8 Å². The van der Waals surface area contributed by atoms with Gasteiger partial charge in [-0.3, -0.25) is 14.9 Å². The van der Waals surface area contributed by atoms with Gasteiger partial charge in [-0.25, -0.2) is 4.98 Å². The smallest absolute Gasteiger partial charge is 0.288 e. The van der Waals surface area contributed by atoms with Crippen molar-refractivity contribution in [2.24, 2.45) is 0 Å². The summed E-state index contributed by atoms with van der Waals surface area (Å²) in [5.41, 5.74) is -0.232. The second-order valence-corrected chi connectivity index (χ2v) is 4.97. The van der Waals surface area contributed by atoms with E-state index in [-0.39, 0.29) is 22.5 Å². The number of carbonyl (C=O) groups is 1. The van der Waals surface area contributed by atoms with Crippen LogP contribution in [0.5, 0.6) is 0 Å². The fourth-order valence-corrected chi connectivity index (χ4v) is 2.25. The summed E-state index contributed by atoms with van der Waals surface area (Å²) in [5, 5.41) is 10.7. The molecule has 2 heterocycles. The lowest BCUT2D eigenvalue weighted by molar-refractivity contribution is -0.385. The zero-order chi connectivity index (χ0) is 14.7. The number of carbonyl (C=O) groups excluding carboxylic acids is 1. The number of rotatable bonds is 4. The molecule has 0 N–H and O–H groups in total. The first-order valence-corrected chi connectivity index (χ1v) is 6.54. The molecule has 8 heteroatoms. The average Bonchev–Trinajstić information content (AvgIpc) is 2.91. The van der Waals surface area contributed by atoms with Crippen molar-refractivity contribution in [1.82, 2.24) is 9.88 Å². The molecule has 20 heavy (non-hydrogen) atoms. The molecular weight excluding hydrogens is 286 g/mol. The molecule has 108 valence electrons. The number of aromatic nitrogens is 1. The van der Waals surface area contributed by atoms with Crippen LogP contribution in [0.25, 0.3) is 0 Å². The molecular formula is C12H14ClN3O4. The molecule has 1 aromatic heterocycles. The molecule has 1 saturated heterocycles. The first kappa shape index (κ1) is 14.7. The van der Waals surface area contributed by atoms with Gasteiger partial charge in [-0.2, -0.15) is 0 Å². The van der Waals surface area contributed by atoms with Crippen LogP contribution in [-0.4, -0.2) is 47.0 Å². The monoisotopic (exact) mass is 299 g/mol. The lowest BCUT2D eigenvalue weighted by Gasteiger charge is -2.21. The van der Waals surface area contributed by atoms with Gasteiger partial charge in [0.25, 0.3) is 11.6 Å². The minimum absolute atomic E-state index is 0.00869. The van der Waals surface area contributed by atoms with E-state index in [0.29, 0.717) is 13.2 Å². The number of hydrogen-bond donors (Lipinski definition) is 0. The van der Waals surface area contributed by atoms with Crippen molar-refractivity contribution >= 4 is 23.2 Å². The van der Waals surface area contributed by atoms with E-state index in [1.165, 1.54) is 4.90 Å². The van der Waals surface area contributed by atoms with E-state index in [4.69, 9.17) is 16.3 Å². The molecule has 1 aromatic rings. The first-order valence-electron chi connectivity index (χ1n) is 6.16. The van der Waals surface area contributed by atoms with Crippen molar-refractivity contribution in [2.45, 2.75) is 18.9 Å². The summed E-state index contributed by atoms with van der Waals surface area (Å²) in [6.07, 6.45) is 2.91. The van der Waals surface area contributed by atoms with Gasteiger partial charge in [0.05, 0.1) is 16.6 Å². The molecule has 1 unspecified atom stereocenters. The Kier molecular flexibility index (Phi) is 4.51. The summed E-state index contributed by atoms with van der Waals surface area (Å²) in [6.45, 7) is 1.13. The Labute approximate surface area is 120 Å². The lowest BCUT2D eigenvalue weighted by Crippen LogP contribution is -2.34. The molecule has 1 aliphatic heterocycles. The third-order valence-electron chi connectivity index (χ3n) is 3.11. The molecule has 0 saturated carbocycles. The number of hydrogen-bond acceptors (Lipinski definition) is 5. The van der Waals surface area contributed by atoms with Gasteiger partial charge in [0.1, 0.15) is 11.3 Å². The van der Waals surface area contributed by atoms with Crippen LogP contribution >= 0.6 is 11.6 Å². The van der Waals surface area contributed by atoms with Crippen molar-refractivity contribution in [3.8, 4) is 0 Å². The quantitative estimate of drug-likeness (QED) is 0.481. The highest BCUT2D eigenvalue weighted by atomic mass is 35.5. The fourth-order valence-electron chi connectivity index (χ4n) is 2.07. The van der Waals surface area contributed by atoms with Crippen LogP contribution in [0.15, 0.2) is 12.3 Å². The molecule has 1 amide bonds. The summed E-state index contributed by atoms with van der Waals surface area (Å²) >= 11 is 5.84. The number of halogens is 1. The van der Waals surface area contributed by atoms with Gasteiger partial charge in [0.15, 0.2) is 0 Å². The zero-order valence-electron chi connectivity index (χ0n) is 10.9. The van der Waals surface area contributed by atoms with E-state index in [2.05, 4.69) is 4.98 Å². The van der Waals surface area contributed by atoms with Gasteiger partial charge in [-0.1, -0.05) is 11.6 Å². The van der Waals surface area contributed by atoms with Crippen molar-refractivity contribution in [3.63, 3.8) is 0 Å². The largest absolute Gasteiger partial charge is 0.376 e. The molecule has 1 aliphatic rings. The minimum Gasteiger partial charge on any atom is -0.376 e. The third kappa shape index (κ3) is 3.23. The Morgan fingerprint density at radius 3 is 3.05 bits per heavy atom. The second-order valence-electron chi connectivity index (χ2n) is 4.61. The van der Waals surface area contributed by atoms with Gasteiger partial charge in [0, 0.05) is 26.3 Å². The van der Waals surface area contributed by atoms with Crippen LogP contribution in [0.4, 0.5) is 5.69 Å². The average molecular weight is 300 g/mol. The predicted molar refractivity (Wildman–Crippen MR) is 71.8 cm³/mol. The van der Waals surface area contributed by atoms with Gasteiger partial charge in [-0.15, -0.1) is 0 Å². The third-order valence-corrected chi connectivity index (χ3v) is 3.42.